The molecule has 0 aromatic heterocycles. The van der Waals surface area contributed by atoms with Crippen LogP contribution in [0.3, 0.4) is 0 Å². The normalized spacial score (nSPS) is 11.5. The van der Waals surface area contributed by atoms with Crippen molar-refractivity contribution in [1.29, 1.82) is 0 Å². The van der Waals surface area contributed by atoms with Gasteiger partial charge in [0.1, 0.15) is 11.8 Å². The van der Waals surface area contributed by atoms with Gasteiger partial charge in [0.25, 0.3) is 5.91 Å². The van der Waals surface area contributed by atoms with Crippen molar-refractivity contribution >= 4 is 23.4 Å². The van der Waals surface area contributed by atoms with Crippen molar-refractivity contribution < 1.29 is 14.3 Å². The molecule has 0 heterocycles. The van der Waals surface area contributed by atoms with Gasteiger partial charge in [-0.1, -0.05) is 41.4 Å². The smallest absolute Gasteiger partial charge is 0.261 e. The molecule has 138 valence electrons. The molecule has 0 unspecified atom stereocenters. The van der Waals surface area contributed by atoms with Crippen LogP contribution >= 0.6 is 11.6 Å². The predicted octanol–water partition coefficient (Wildman–Crippen LogP) is 3.19. The maximum Gasteiger partial charge on any atom is 0.261 e. The van der Waals surface area contributed by atoms with Crippen LogP contribution in [0.5, 0.6) is 5.75 Å². The minimum atomic E-state index is -0.609. The van der Waals surface area contributed by atoms with Crippen molar-refractivity contribution in [2.75, 3.05) is 13.7 Å². The molecule has 26 heavy (non-hydrogen) atoms. The van der Waals surface area contributed by atoms with Crippen LogP contribution in [0.1, 0.15) is 18.1 Å². The van der Waals surface area contributed by atoms with Crippen molar-refractivity contribution in [3.63, 3.8) is 0 Å². The molecule has 0 saturated heterocycles. The molecule has 0 bridgehead atoms. The summed E-state index contributed by atoms with van der Waals surface area (Å²) in [5.74, 6) is 0.0548. The first kappa shape index (κ1) is 19.8. The Kier molecular flexibility index (Phi) is 7.04. The minimum absolute atomic E-state index is 0.158. The summed E-state index contributed by atoms with van der Waals surface area (Å²) in [4.78, 5) is 26.3. The van der Waals surface area contributed by atoms with E-state index in [1.54, 1.807) is 38.2 Å². The van der Waals surface area contributed by atoms with Gasteiger partial charge in [0.05, 0.1) is 0 Å². The second kappa shape index (κ2) is 9.25. The van der Waals surface area contributed by atoms with Crippen molar-refractivity contribution in [1.82, 2.24) is 10.2 Å². The van der Waals surface area contributed by atoms with E-state index in [1.165, 1.54) is 4.90 Å². The average Bonchev–Trinajstić information content (AvgIpc) is 2.65. The van der Waals surface area contributed by atoms with Crippen LogP contribution in [0, 0.1) is 6.92 Å². The zero-order valence-corrected chi connectivity index (χ0v) is 15.9. The quantitative estimate of drug-likeness (QED) is 0.809. The monoisotopic (exact) mass is 374 g/mol. The molecule has 2 aromatic rings. The highest BCUT2D eigenvalue weighted by atomic mass is 35.5. The van der Waals surface area contributed by atoms with Crippen LogP contribution in [0.25, 0.3) is 0 Å². The Bertz CT molecular complexity index is 745. The third-order valence-electron chi connectivity index (χ3n) is 4.06. The fraction of sp³-hybridized carbons (Fsp3) is 0.300. The van der Waals surface area contributed by atoms with Crippen LogP contribution < -0.4 is 10.1 Å². The zero-order valence-electron chi connectivity index (χ0n) is 15.2. The van der Waals surface area contributed by atoms with Gasteiger partial charge in [0, 0.05) is 18.6 Å². The van der Waals surface area contributed by atoms with E-state index < -0.39 is 6.04 Å². The number of amides is 2. The second-order valence-electron chi connectivity index (χ2n) is 6.04. The minimum Gasteiger partial charge on any atom is -0.484 e. The number of ether oxygens (including phenoxy) is 1. The van der Waals surface area contributed by atoms with Gasteiger partial charge < -0.3 is 15.0 Å². The Balaban J connectivity index is 2.10. The summed E-state index contributed by atoms with van der Waals surface area (Å²) < 4.78 is 5.54. The van der Waals surface area contributed by atoms with Gasteiger partial charge in [-0.25, -0.2) is 0 Å². The molecule has 6 heteroatoms. The first-order chi connectivity index (χ1) is 12.4. The molecule has 0 aliphatic rings. The number of likely N-dealkylation sites (N-methyl/N-ethyl adjacent to an activating group) is 1. The van der Waals surface area contributed by atoms with Crippen molar-refractivity contribution in [3.8, 4) is 5.75 Å². The number of carbonyl (C=O) groups is 2. The number of rotatable bonds is 7. The third kappa shape index (κ3) is 5.49. The van der Waals surface area contributed by atoms with Gasteiger partial charge in [0.2, 0.25) is 5.91 Å². The van der Waals surface area contributed by atoms with Gasteiger partial charge >= 0.3 is 0 Å². The summed E-state index contributed by atoms with van der Waals surface area (Å²) >= 11 is 5.84. The fourth-order valence-corrected chi connectivity index (χ4v) is 2.57. The molecule has 2 amide bonds. The largest absolute Gasteiger partial charge is 0.484 e. The Labute approximate surface area is 158 Å². The maximum absolute atomic E-state index is 12.7. The van der Waals surface area contributed by atoms with Crippen molar-refractivity contribution in [2.24, 2.45) is 0 Å². The third-order valence-corrected chi connectivity index (χ3v) is 4.32. The zero-order chi connectivity index (χ0) is 19.1. The lowest BCUT2D eigenvalue weighted by molar-refractivity contribution is -0.142. The van der Waals surface area contributed by atoms with Gasteiger partial charge in [-0.15, -0.1) is 0 Å². The Morgan fingerprint density at radius 1 is 1.12 bits per heavy atom. The standard InChI is InChI=1S/C20H23ClN2O3/c1-14-4-6-16(7-5-14)12-23(15(2)20(25)22-3)19(24)13-26-18-10-8-17(21)9-11-18/h4-11,15H,12-13H2,1-3H3,(H,22,25)/t15-/m0/s1. The molecule has 0 fully saturated rings. The lowest BCUT2D eigenvalue weighted by atomic mass is 10.1. The molecule has 0 aliphatic heterocycles. The summed E-state index contributed by atoms with van der Waals surface area (Å²) in [6.45, 7) is 3.87. The number of hydrogen-bond acceptors (Lipinski definition) is 3. The number of nitrogens with zero attached hydrogens (tertiary/aromatic N) is 1. The van der Waals surface area contributed by atoms with E-state index in [0.717, 1.165) is 11.1 Å². The summed E-state index contributed by atoms with van der Waals surface area (Å²) in [6.07, 6.45) is 0. The first-order valence-electron chi connectivity index (χ1n) is 8.35. The number of benzene rings is 2. The number of carbonyl (C=O) groups excluding carboxylic acids is 2. The number of aryl methyl sites for hydroxylation is 1. The van der Waals surface area contributed by atoms with Gasteiger partial charge in [-0.05, 0) is 43.7 Å². The summed E-state index contributed by atoms with van der Waals surface area (Å²) in [5.41, 5.74) is 2.09. The molecule has 0 saturated carbocycles. The SMILES string of the molecule is CNC(=O)[C@H](C)N(Cc1ccc(C)cc1)C(=O)COc1ccc(Cl)cc1. The van der Waals surface area contributed by atoms with E-state index in [4.69, 9.17) is 16.3 Å². The predicted molar refractivity (Wildman–Crippen MR) is 102 cm³/mol. The molecule has 0 spiro atoms. The molecular weight excluding hydrogens is 352 g/mol. The highest BCUT2D eigenvalue weighted by molar-refractivity contribution is 6.30. The molecule has 0 aliphatic carbocycles. The summed E-state index contributed by atoms with van der Waals surface area (Å²) in [6, 6.07) is 14.0. The molecule has 0 radical (unpaired) electrons. The van der Waals surface area contributed by atoms with Gasteiger partial charge in [0.15, 0.2) is 6.61 Å². The lowest BCUT2D eigenvalue weighted by Crippen LogP contribution is -2.48. The van der Waals surface area contributed by atoms with Crippen LogP contribution in [0.4, 0.5) is 0 Å². The molecule has 1 N–H and O–H groups in total. The Morgan fingerprint density at radius 3 is 2.31 bits per heavy atom. The molecular formula is C20H23ClN2O3. The van der Waals surface area contributed by atoms with Gasteiger partial charge in [-0.2, -0.15) is 0 Å². The fourth-order valence-electron chi connectivity index (χ4n) is 2.44. The lowest BCUT2D eigenvalue weighted by Gasteiger charge is -2.28. The Morgan fingerprint density at radius 2 is 1.73 bits per heavy atom. The van der Waals surface area contributed by atoms with E-state index in [9.17, 15) is 9.59 Å². The number of nitrogens with one attached hydrogen (secondary N) is 1. The second-order valence-corrected chi connectivity index (χ2v) is 6.48. The topological polar surface area (TPSA) is 58.6 Å². The van der Waals surface area contributed by atoms with Crippen molar-refractivity contribution in [3.05, 3.63) is 64.7 Å². The highest BCUT2D eigenvalue weighted by Gasteiger charge is 2.25. The number of halogens is 1. The highest BCUT2D eigenvalue weighted by Crippen LogP contribution is 2.16. The van der Waals surface area contributed by atoms with E-state index in [2.05, 4.69) is 5.32 Å². The Hall–Kier alpha value is -2.53. The molecule has 2 aromatic carbocycles. The van der Waals surface area contributed by atoms with Crippen LogP contribution in [0.2, 0.25) is 5.02 Å². The van der Waals surface area contributed by atoms with Crippen LogP contribution in [0.15, 0.2) is 48.5 Å². The summed E-state index contributed by atoms with van der Waals surface area (Å²) in [7, 11) is 1.55. The first-order valence-corrected chi connectivity index (χ1v) is 8.73. The van der Waals surface area contributed by atoms with Crippen LogP contribution in [-0.2, 0) is 16.1 Å². The van der Waals surface area contributed by atoms with Crippen molar-refractivity contribution in [2.45, 2.75) is 26.4 Å². The molecule has 5 nitrogen and oxygen atoms in total. The molecule has 1 atom stereocenters. The molecule has 2 rings (SSSR count). The summed E-state index contributed by atoms with van der Waals surface area (Å²) in [5, 5.41) is 3.18. The van der Waals surface area contributed by atoms with Crippen LogP contribution in [-0.4, -0.2) is 36.4 Å². The van der Waals surface area contributed by atoms with E-state index in [1.807, 2.05) is 31.2 Å². The van der Waals surface area contributed by atoms with E-state index in [-0.39, 0.29) is 18.4 Å². The number of hydrogen-bond donors (Lipinski definition) is 1. The van der Waals surface area contributed by atoms with E-state index in [0.29, 0.717) is 17.3 Å². The average molecular weight is 375 g/mol. The maximum atomic E-state index is 12.7. The van der Waals surface area contributed by atoms with Gasteiger partial charge in [-0.3, -0.25) is 9.59 Å². The van der Waals surface area contributed by atoms with E-state index >= 15 is 0 Å².